The summed E-state index contributed by atoms with van der Waals surface area (Å²) in [5, 5.41) is 37.1. The number of aryl methyl sites for hydroxylation is 1. The zero-order valence-corrected chi connectivity index (χ0v) is 39.9. The molecule has 362 valence electrons. The number of aliphatic hydroxyl groups is 1. The molecule has 1 saturated heterocycles. The van der Waals surface area contributed by atoms with Crippen molar-refractivity contribution >= 4 is 56.3 Å². The Hall–Kier alpha value is -6.21. The number of aliphatic hydroxyl groups excluding tert-OH is 1. The second kappa shape index (κ2) is 23.4. The van der Waals surface area contributed by atoms with E-state index in [9.17, 15) is 34.5 Å². The summed E-state index contributed by atoms with van der Waals surface area (Å²) >= 11 is 2.97. The number of thiazole rings is 1. The van der Waals surface area contributed by atoms with E-state index in [0.29, 0.717) is 36.7 Å². The summed E-state index contributed by atoms with van der Waals surface area (Å²) in [5.41, 5.74) is 6.51. The van der Waals surface area contributed by atoms with E-state index in [-0.39, 0.29) is 81.0 Å². The van der Waals surface area contributed by atoms with Crippen molar-refractivity contribution in [3.05, 3.63) is 119 Å². The van der Waals surface area contributed by atoms with Crippen LogP contribution in [0.2, 0.25) is 0 Å². The van der Waals surface area contributed by atoms with Gasteiger partial charge in [0.25, 0.3) is 0 Å². The molecule has 15 nitrogen and oxygen atoms in total. The first-order chi connectivity index (χ1) is 33.5. The number of carbonyl (C=O) groups excluding carboxylic acids is 4. The first-order valence-electron chi connectivity index (χ1n) is 23.1. The molecule has 69 heavy (non-hydrogen) atoms. The predicted octanol–water partition coefficient (Wildman–Crippen LogP) is 7.02. The summed E-state index contributed by atoms with van der Waals surface area (Å²) in [7, 11) is 0. The molecule has 4 aromatic carbocycles. The Kier molecular flexibility index (Phi) is 16.7. The third kappa shape index (κ3) is 12.5. The Morgan fingerprint density at radius 2 is 1.45 bits per heavy atom. The standard InChI is InChI=1S/C52H56N4O11S2/c1-32-49(68-31-54-32)36-8-6-33(7-9-36)28-53-51(62)43-26-40(59)29-56(43)52(63)47(34-4-2-3-5-34)55-45(60)30-66-23-22-64-20-21-65-24-25-67-41-17-12-35(13-18-41)48(61)46-42-19-16-39(58)27-44(42)69-50(46)37-10-14-38(57)15-11-37/h6-19,27,31,34,40,43,47,57-59H,2-5,20-26,28-30H2,1H3,(H,53,62)(H,55,60)/t40-,43+,47?/m1/s1. The van der Waals surface area contributed by atoms with Crippen LogP contribution in [0.4, 0.5) is 0 Å². The Morgan fingerprint density at radius 1 is 0.797 bits per heavy atom. The van der Waals surface area contributed by atoms with Gasteiger partial charge in [0.15, 0.2) is 5.78 Å². The number of amides is 3. The zero-order chi connectivity index (χ0) is 48.3. The Morgan fingerprint density at radius 3 is 2.14 bits per heavy atom. The molecule has 5 N–H and O–H groups in total. The number of hydrogen-bond acceptors (Lipinski definition) is 14. The average Bonchev–Trinajstić information content (AvgIpc) is 4.19. The van der Waals surface area contributed by atoms with Crippen LogP contribution in [0.5, 0.6) is 17.2 Å². The largest absolute Gasteiger partial charge is 0.508 e. The van der Waals surface area contributed by atoms with Gasteiger partial charge in [-0.15, -0.1) is 22.7 Å². The highest BCUT2D eigenvalue weighted by Crippen LogP contribution is 2.42. The van der Waals surface area contributed by atoms with Crippen LogP contribution in [0.25, 0.3) is 31.0 Å². The monoisotopic (exact) mass is 976 g/mol. The lowest BCUT2D eigenvalue weighted by atomic mass is 9.96. The van der Waals surface area contributed by atoms with Gasteiger partial charge in [-0.05, 0) is 109 Å². The van der Waals surface area contributed by atoms with Crippen molar-refractivity contribution < 1.29 is 53.4 Å². The van der Waals surface area contributed by atoms with Crippen molar-refractivity contribution in [2.45, 2.75) is 63.8 Å². The second-order valence-electron chi connectivity index (χ2n) is 17.2. The number of likely N-dealkylation sites (tertiary alicyclic amines) is 1. The van der Waals surface area contributed by atoms with Gasteiger partial charge in [0.1, 0.15) is 42.5 Å². The minimum absolute atomic E-state index is 0.00960. The molecular weight excluding hydrogens is 921 g/mol. The van der Waals surface area contributed by atoms with Crippen LogP contribution in [0.1, 0.15) is 59.3 Å². The van der Waals surface area contributed by atoms with Gasteiger partial charge < -0.3 is 49.8 Å². The van der Waals surface area contributed by atoms with E-state index in [0.717, 1.165) is 67.9 Å². The number of ether oxygens (including phenoxy) is 4. The van der Waals surface area contributed by atoms with Crippen molar-refractivity contribution in [2.75, 3.05) is 52.8 Å². The fourth-order valence-corrected chi connectivity index (χ4v) is 10.9. The molecular formula is C52H56N4O11S2. The molecule has 3 atom stereocenters. The van der Waals surface area contributed by atoms with Crippen LogP contribution in [-0.4, -0.2) is 120 Å². The number of thiophene rings is 1. The van der Waals surface area contributed by atoms with E-state index in [1.165, 1.54) is 16.2 Å². The highest BCUT2D eigenvalue weighted by molar-refractivity contribution is 7.22. The number of aromatic hydroxyl groups is 2. The number of aromatic nitrogens is 1. The van der Waals surface area contributed by atoms with Crippen molar-refractivity contribution in [2.24, 2.45) is 5.92 Å². The number of nitrogens with zero attached hydrogens (tertiary/aromatic N) is 2. The number of hydrogen-bond donors (Lipinski definition) is 5. The maximum absolute atomic E-state index is 14.1. The van der Waals surface area contributed by atoms with Crippen molar-refractivity contribution in [3.63, 3.8) is 0 Å². The lowest BCUT2D eigenvalue weighted by Crippen LogP contribution is -2.56. The molecule has 1 aliphatic heterocycles. The van der Waals surface area contributed by atoms with Gasteiger partial charge in [0.2, 0.25) is 17.7 Å². The van der Waals surface area contributed by atoms with Gasteiger partial charge >= 0.3 is 0 Å². The minimum atomic E-state index is -0.861. The van der Waals surface area contributed by atoms with Crippen LogP contribution in [-0.2, 0) is 35.1 Å². The van der Waals surface area contributed by atoms with E-state index < -0.39 is 24.1 Å². The van der Waals surface area contributed by atoms with Crippen LogP contribution in [0.3, 0.4) is 0 Å². The molecule has 17 heteroatoms. The highest BCUT2D eigenvalue weighted by atomic mass is 32.1. The van der Waals surface area contributed by atoms with Gasteiger partial charge in [-0.3, -0.25) is 19.2 Å². The van der Waals surface area contributed by atoms with E-state index in [4.69, 9.17) is 18.9 Å². The Bertz CT molecular complexity index is 2700. The molecule has 8 rings (SSSR count). The number of phenols is 2. The quantitative estimate of drug-likeness (QED) is 0.0344. The van der Waals surface area contributed by atoms with Gasteiger partial charge in [-0.25, -0.2) is 4.98 Å². The third-order valence-electron chi connectivity index (χ3n) is 12.4. The first kappa shape index (κ1) is 49.2. The highest BCUT2D eigenvalue weighted by Gasteiger charge is 2.44. The molecule has 1 unspecified atom stereocenters. The molecule has 1 aliphatic carbocycles. The van der Waals surface area contributed by atoms with Gasteiger partial charge in [-0.1, -0.05) is 37.1 Å². The Labute approximate surface area is 408 Å². The zero-order valence-electron chi connectivity index (χ0n) is 38.3. The number of rotatable bonds is 22. The molecule has 0 radical (unpaired) electrons. The van der Waals surface area contributed by atoms with Gasteiger partial charge in [0, 0.05) is 45.6 Å². The molecule has 2 aromatic heterocycles. The fourth-order valence-electron chi connectivity index (χ4n) is 8.83. The number of ketones is 1. The number of nitrogens with one attached hydrogen (secondary N) is 2. The molecule has 0 bridgehead atoms. The summed E-state index contributed by atoms with van der Waals surface area (Å²) in [6, 6.07) is 24.7. The number of fused-ring (bicyclic) bond motifs is 1. The number of phenolic OH excluding ortho intramolecular Hbond substituents is 2. The molecule has 2 aliphatic rings. The van der Waals surface area contributed by atoms with Crippen molar-refractivity contribution in [1.29, 1.82) is 0 Å². The number of benzene rings is 4. The summed E-state index contributed by atoms with van der Waals surface area (Å²) < 4.78 is 23.4. The van der Waals surface area contributed by atoms with Crippen LogP contribution >= 0.6 is 22.7 Å². The van der Waals surface area contributed by atoms with Gasteiger partial charge in [-0.2, -0.15) is 0 Å². The summed E-state index contributed by atoms with van der Waals surface area (Å²) in [6.07, 6.45) is 2.68. The SMILES string of the molecule is Cc1ncsc1-c1ccc(CNC(=O)[C@@H]2C[C@@H](O)CN2C(=O)C(NC(=O)COCCOCCOCCOc2ccc(C(=O)c3c(-c4ccc(O)cc4)sc4cc(O)ccc34)cc2)C2CCCC2)cc1. The fraction of sp³-hybridized carbons (Fsp3) is 0.365. The van der Waals surface area contributed by atoms with Crippen LogP contribution in [0, 0.1) is 12.8 Å². The lowest BCUT2D eigenvalue weighted by Gasteiger charge is -2.31. The van der Waals surface area contributed by atoms with Crippen LogP contribution in [0.15, 0.2) is 96.5 Å². The van der Waals surface area contributed by atoms with Crippen molar-refractivity contribution in [3.8, 4) is 38.1 Å². The normalized spacial score (nSPS) is 16.5. The average molecular weight is 977 g/mol. The van der Waals surface area contributed by atoms with E-state index in [1.807, 2.05) is 36.7 Å². The third-order valence-corrected chi connectivity index (χ3v) is 14.5. The second-order valence-corrected chi connectivity index (χ2v) is 19.1. The maximum Gasteiger partial charge on any atom is 0.246 e. The minimum Gasteiger partial charge on any atom is -0.508 e. The molecule has 3 amide bonds. The number of carbonyl (C=O) groups is 4. The number of β-amino-alcohol motifs (C(OH)–C–C–N with tert-alkyl or cyclic N) is 1. The van der Waals surface area contributed by atoms with Crippen LogP contribution < -0.4 is 15.4 Å². The van der Waals surface area contributed by atoms with E-state index in [1.54, 1.807) is 78.1 Å². The summed E-state index contributed by atoms with van der Waals surface area (Å²) in [5.74, 6) is -0.616. The molecule has 0 spiro atoms. The molecule has 2 fully saturated rings. The van der Waals surface area contributed by atoms with E-state index >= 15 is 0 Å². The first-order valence-corrected chi connectivity index (χ1v) is 24.8. The van der Waals surface area contributed by atoms with Crippen molar-refractivity contribution in [1.82, 2.24) is 20.5 Å². The molecule has 6 aromatic rings. The smallest absolute Gasteiger partial charge is 0.246 e. The molecule has 3 heterocycles. The van der Waals surface area contributed by atoms with Gasteiger partial charge in [0.05, 0.1) is 55.2 Å². The lowest BCUT2D eigenvalue weighted by molar-refractivity contribution is -0.143. The predicted molar refractivity (Wildman–Crippen MR) is 263 cm³/mol. The topological polar surface area (TPSA) is 206 Å². The molecule has 1 saturated carbocycles. The summed E-state index contributed by atoms with van der Waals surface area (Å²) in [4.78, 5) is 62.1. The van der Waals surface area contributed by atoms with E-state index in [2.05, 4.69) is 15.6 Å². The maximum atomic E-state index is 14.1. The summed E-state index contributed by atoms with van der Waals surface area (Å²) in [6.45, 7) is 3.52. The Balaban J connectivity index is 0.720.